The summed E-state index contributed by atoms with van der Waals surface area (Å²) < 4.78 is 16.1. The monoisotopic (exact) mass is 445 g/mol. The lowest BCUT2D eigenvalue weighted by Gasteiger charge is -2.13. The molecule has 0 bridgehead atoms. The number of benzene rings is 2. The number of rotatable bonds is 6. The van der Waals surface area contributed by atoms with Crippen molar-refractivity contribution < 1.29 is 9.18 Å². The lowest BCUT2D eigenvalue weighted by atomic mass is 10.1. The molecule has 1 N–H and O–H groups in total. The maximum atomic E-state index is 14.5. The first-order chi connectivity index (χ1) is 15.9. The second kappa shape index (κ2) is 9.39. The molecule has 8 nitrogen and oxygen atoms in total. The van der Waals surface area contributed by atoms with E-state index in [1.165, 1.54) is 24.3 Å². The van der Waals surface area contributed by atoms with Gasteiger partial charge in [0.2, 0.25) is 5.69 Å². The summed E-state index contributed by atoms with van der Waals surface area (Å²) in [5, 5.41) is 6.55. The SMILES string of the molecule is Cc1ccc(Cn2c(=O)c(C(=O)NCc3ccncc3)nn(-c3ccccc3F)c2=O)cc1. The molecule has 33 heavy (non-hydrogen) atoms. The van der Waals surface area contributed by atoms with Gasteiger partial charge in [0.25, 0.3) is 11.5 Å². The van der Waals surface area contributed by atoms with Crippen LogP contribution in [0.4, 0.5) is 4.39 Å². The molecule has 0 saturated heterocycles. The topological polar surface area (TPSA) is 98.9 Å². The number of nitrogens with zero attached hydrogens (tertiary/aromatic N) is 4. The summed E-state index contributed by atoms with van der Waals surface area (Å²) in [7, 11) is 0. The Morgan fingerprint density at radius 3 is 2.36 bits per heavy atom. The molecule has 1 amide bonds. The number of hydrogen-bond acceptors (Lipinski definition) is 5. The van der Waals surface area contributed by atoms with Gasteiger partial charge < -0.3 is 5.32 Å². The number of nitrogens with one attached hydrogen (secondary N) is 1. The predicted octanol–water partition coefficient (Wildman–Crippen LogP) is 2.22. The van der Waals surface area contributed by atoms with E-state index >= 15 is 0 Å². The molecule has 0 aliphatic carbocycles. The van der Waals surface area contributed by atoms with Gasteiger partial charge in [-0.05, 0) is 42.3 Å². The average Bonchev–Trinajstić information content (AvgIpc) is 2.83. The second-order valence-corrected chi connectivity index (χ2v) is 7.41. The van der Waals surface area contributed by atoms with Crippen molar-refractivity contribution in [1.82, 2.24) is 24.6 Å². The number of amides is 1. The van der Waals surface area contributed by atoms with Gasteiger partial charge in [-0.25, -0.2) is 9.18 Å². The Morgan fingerprint density at radius 1 is 0.970 bits per heavy atom. The van der Waals surface area contributed by atoms with Crippen LogP contribution in [0.15, 0.2) is 82.6 Å². The summed E-state index contributed by atoms with van der Waals surface area (Å²) in [6, 6.07) is 16.2. The molecule has 2 heterocycles. The van der Waals surface area contributed by atoms with Crippen molar-refractivity contribution >= 4 is 5.91 Å². The molecule has 0 aliphatic rings. The Kier molecular flexibility index (Phi) is 6.21. The van der Waals surface area contributed by atoms with Gasteiger partial charge in [-0.3, -0.25) is 19.1 Å². The van der Waals surface area contributed by atoms with Gasteiger partial charge in [0, 0.05) is 18.9 Å². The quantitative estimate of drug-likeness (QED) is 0.491. The molecule has 166 valence electrons. The third kappa shape index (κ3) is 4.77. The molecule has 0 atom stereocenters. The van der Waals surface area contributed by atoms with Gasteiger partial charge in [0.15, 0.2) is 0 Å². The fourth-order valence-electron chi connectivity index (χ4n) is 3.22. The van der Waals surface area contributed by atoms with Crippen LogP contribution < -0.4 is 16.6 Å². The van der Waals surface area contributed by atoms with Crippen molar-refractivity contribution in [3.8, 4) is 5.69 Å². The van der Waals surface area contributed by atoms with Crippen LogP contribution >= 0.6 is 0 Å². The summed E-state index contributed by atoms with van der Waals surface area (Å²) in [6.07, 6.45) is 3.15. The fraction of sp³-hybridized carbons (Fsp3) is 0.125. The van der Waals surface area contributed by atoms with E-state index in [4.69, 9.17) is 0 Å². The first kappa shape index (κ1) is 21.8. The minimum atomic E-state index is -0.861. The van der Waals surface area contributed by atoms with Gasteiger partial charge >= 0.3 is 5.69 Å². The number of pyridine rings is 1. The zero-order valence-corrected chi connectivity index (χ0v) is 17.7. The summed E-state index contributed by atoms with van der Waals surface area (Å²) >= 11 is 0. The van der Waals surface area contributed by atoms with Crippen LogP contribution in [-0.2, 0) is 13.1 Å². The van der Waals surface area contributed by atoms with Crippen LogP contribution in [-0.4, -0.2) is 25.2 Å². The standard InChI is InChI=1S/C24H20FN5O3/c1-16-6-8-18(9-7-16)15-29-23(32)21(22(31)27-14-17-10-12-26-13-11-17)28-30(24(29)33)20-5-3-2-4-19(20)25/h2-13H,14-15H2,1H3,(H,27,31). The van der Waals surface area contributed by atoms with Crippen LogP contribution in [0.1, 0.15) is 27.2 Å². The van der Waals surface area contributed by atoms with Gasteiger partial charge in [-0.2, -0.15) is 9.78 Å². The summed E-state index contributed by atoms with van der Waals surface area (Å²) in [5.41, 5.74) is 0.0647. The van der Waals surface area contributed by atoms with E-state index in [2.05, 4.69) is 15.4 Å². The Morgan fingerprint density at radius 2 is 1.67 bits per heavy atom. The fourth-order valence-corrected chi connectivity index (χ4v) is 3.22. The summed E-state index contributed by atoms with van der Waals surface area (Å²) in [5.74, 6) is -1.49. The summed E-state index contributed by atoms with van der Waals surface area (Å²) in [6.45, 7) is 1.94. The number of aromatic nitrogens is 4. The van der Waals surface area contributed by atoms with Gasteiger partial charge in [-0.1, -0.05) is 42.0 Å². The highest BCUT2D eigenvalue weighted by molar-refractivity contribution is 5.91. The Bertz CT molecular complexity index is 1410. The minimum absolute atomic E-state index is 0.0977. The Hall–Kier alpha value is -4.40. The average molecular weight is 445 g/mol. The zero-order chi connectivity index (χ0) is 23.4. The van der Waals surface area contributed by atoms with Crippen LogP contribution in [0.3, 0.4) is 0 Å². The van der Waals surface area contributed by atoms with E-state index in [9.17, 15) is 18.8 Å². The van der Waals surface area contributed by atoms with Crippen molar-refractivity contribution in [2.45, 2.75) is 20.0 Å². The van der Waals surface area contributed by atoms with Crippen LogP contribution in [0.5, 0.6) is 0 Å². The third-order valence-corrected chi connectivity index (χ3v) is 5.02. The number of carbonyl (C=O) groups is 1. The van der Waals surface area contributed by atoms with E-state index in [-0.39, 0.29) is 18.8 Å². The maximum Gasteiger partial charge on any atom is 0.352 e. The smallest absolute Gasteiger partial charge is 0.346 e. The lowest BCUT2D eigenvalue weighted by Crippen LogP contribution is -2.46. The van der Waals surface area contributed by atoms with Crippen molar-refractivity contribution in [3.05, 3.63) is 122 Å². The van der Waals surface area contributed by atoms with Gasteiger partial charge in [0.05, 0.1) is 6.54 Å². The maximum absolute atomic E-state index is 14.5. The molecule has 0 saturated carbocycles. The highest BCUT2D eigenvalue weighted by Crippen LogP contribution is 2.10. The van der Waals surface area contributed by atoms with E-state index in [1.54, 1.807) is 36.7 Å². The van der Waals surface area contributed by atoms with Crippen molar-refractivity contribution in [3.63, 3.8) is 0 Å². The molecule has 2 aromatic heterocycles. The molecule has 0 aliphatic heterocycles. The molecular formula is C24H20FN5O3. The molecule has 0 unspecified atom stereocenters. The van der Waals surface area contributed by atoms with Crippen LogP contribution in [0, 0.1) is 12.7 Å². The normalized spacial score (nSPS) is 10.7. The van der Waals surface area contributed by atoms with Crippen LogP contribution in [0.25, 0.3) is 5.69 Å². The van der Waals surface area contributed by atoms with Crippen LogP contribution in [0.2, 0.25) is 0 Å². The first-order valence-electron chi connectivity index (χ1n) is 10.2. The summed E-state index contributed by atoms with van der Waals surface area (Å²) in [4.78, 5) is 43.0. The molecule has 0 spiro atoms. The molecule has 9 heteroatoms. The molecular weight excluding hydrogens is 425 g/mol. The number of carbonyl (C=O) groups excluding carboxylic acids is 1. The predicted molar refractivity (Wildman–Crippen MR) is 120 cm³/mol. The van der Waals surface area contributed by atoms with Gasteiger partial charge in [-0.15, -0.1) is 0 Å². The Labute approximate surface area is 188 Å². The first-order valence-corrected chi connectivity index (χ1v) is 10.2. The van der Waals surface area contributed by atoms with Crippen molar-refractivity contribution in [1.29, 1.82) is 0 Å². The molecule has 0 fully saturated rings. The van der Waals surface area contributed by atoms with E-state index in [0.29, 0.717) is 5.56 Å². The van der Waals surface area contributed by atoms with E-state index < -0.39 is 28.7 Å². The third-order valence-electron chi connectivity index (χ3n) is 5.02. The number of hydrogen-bond donors (Lipinski definition) is 1. The molecule has 4 rings (SSSR count). The largest absolute Gasteiger partial charge is 0.352 e. The zero-order valence-electron chi connectivity index (χ0n) is 17.7. The highest BCUT2D eigenvalue weighted by Gasteiger charge is 2.21. The molecule has 4 aromatic rings. The number of aryl methyl sites for hydroxylation is 1. The lowest BCUT2D eigenvalue weighted by molar-refractivity contribution is 0.0941. The Balaban J connectivity index is 1.79. The van der Waals surface area contributed by atoms with E-state index in [1.807, 2.05) is 19.1 Å². The second-order valence-electron chi connectivity index (χ2n) is 7.41. The van der Waals surface area contributed by atoms with E-state index in [0.717, 1.165) is 20.4 Å². The molecule has 2 aromatic carbocycles. The van der Waals surface area contributed by atoms with Crippen molar-refractivity contribution in [2.24, 2.45) is 0 Å². The highest BCUT2D eigenvalue weighted by atomic mass is 19.1. The number of halogens is 1. The molecule has 0 radical (unpaired) electrons. The van der Waals surface area contributed by atoms with Gasteiger partial charge in [0.1, 0.15) is 11.5 Å². The number of para-hydroxylation sites is 1. The van der Waals surface area contributed by atoms with Crippen molar-refractivity contribution in [2.75, 3.05) is 0 Å². The minimum Gasteiger partial charge on any atom is -0.346 e.